The van der Waals surface area contributed by atoms with Crippen LogP contribution in [-0.4, -0.2) is 41.9 Å². The topological polar surface area (TPSA) is 61.9 Å². The lowest BCUT2D eigenvalue weighted by atomic mass is 9.87. The van der Waals surface area contributed by atoms with E-state index in [2.05, 4.69) is 5.32 Å². The molecule has 2 heterocycles. The van der Waals surface area contributed by atoms with Crippen LogP contribution < -0.4 is 10.1 Å². The molecule has 0 radical (unpaired) electrons. The van der Waals surface area contributed by atoms with Crippen LogP contribution in [0, 0.1) is 0 Å². The van der Waals surface area contributed by atoms with E-state index < -0.39 is 5.66 Å². The van der Waals surface area contributed by atoms with Crippen LogP contribution >= 0.6 is 0 Å². The van der Waals surface area contributed by atoms with Crippen molar-refractivity contribution in [1.29, 1.82) is 0 Å². The fraction of sp³-hybridized carbons (Fsp3) is 0.200. The molecule has 0 aromatic heterocycles. The monoisotopic (exact) mass is 413 g/mol. The molecule has 3 aromatic carbocycles. The van der Waals surface area contributed by atoms with E-state index in [0.29, 0.717) is 30.8 Å². The Morgan fingerprint density at radius 1 is 0.935 bits per heavy atom. The number of anilines is 1. The quantitative estimate of drug-likeness (QED) is 0.697. The average Bonchev–Trinajstić information content (AvgIpc) is 3.10. The largest absolute Gasteiger partial charge is 0.497 e. The number of urea groups is 1. The number of rotatable bonds is 3. The maximum Gasteiger partial charge on any atom is 0.324 e. The number of carbonyl (C=O) groups excluding carboxylic acids is 2. The number of ether oxygens (including phenoxy) is 1. The van der Waals surface area contributed by atoms with Crippen molar-refractivity contribution in [3.63, 3.8) is 0 Å². The maximum absolute atomic E-state index is 13.6. The lowest BCUT2D eigenvalue weighted by Gasteiger charge is -2.51. The second-order valence-electron chi connectivity index (χ2n) is 7.70. The summed E-state index contributed by atoms with van der Waals surface area (Å²) in [7, 11) is 1.61. The number of carbonyl (C=O) groups is 2. The van der Waals surface area contributed by atoms with Crippen LogP contribution in [0.1, 0.15) is 27.9 Å². The first-order chi connectivity index (χ1) is 15.2. The number of hydrogen-bond donors (Lipinski definition) is 1. The molecule has 0 saturated carbocycles. The molecule has 0 aliphatic carbocycles. The number of nitrogens with zero attached hydrogens (tertiary/aromatic N) is 2. The Kier molecular flexibility index (Phi) is 4.62. The number of hydrogen-bond acceptors (Lipinski definition) is 3. The minimum Gasteiger partial charge on any atom is -0.497 e. The molecule has 2 aliphatic heterocycles. The third-order valence-electron chi connectivity index (χ3n) is 6.09. The van der Waals surface area contributed by atoms with Crippen molar-refractivity contribution < 1.29 is 14.3 Å². The molecule has 2 aliphatic rings. The highest BCUT2D eigenvalue weighted by molar-refractivity contribution is 6.02. The second kappa shape index (κ2) is 7.47. The summed E-state index contributed by atoms with van der Waals surface area (Å²) in [5, 5.41) is 3.01. The molecule has 6 heteroatoms. The van der Waals surface area contributed by atoms with Gasteiger partial charge in [0.1, 0.15) is 5.75 Å². The zero-order valence-corrected chi connectivity index (χ0v) is 17.2. The van der Waals surface area contributed by atoms with Crippen molar-refractivity contribution in [3.05, 3.63) is 95.6 Å². The molecular weight excluding hydrogens is 390 g/mol. The van der Waals surface area contributed by atoms with Gasteiger partial charge in [0.25, 0.3) is 5.91 Å². The Bertz CT molecular complexity index is 1130. The number of fused-ring (bicyclic) bond motifs is 3. The van der Waals surface area contributed by atoms with E-state index in [-0.39, 0.29) is 11.9 Å². The molecule has 1 N–H and O–H groups in total. The third kappa shape index (κ3) is 2.86. The van der Waals surface area contributed by atoms with Gasteiger partial charge < -0.3 is 15.0 Å². The van der Waals surface area contributed by atoms with Gasteiger partial charge in [0.2, 0.25) is 0 Å². The Balaban J connectivity index is 1.62. The fourth-order valence-corrected chi connectivity index (χ4v) is 4.77. The van der Waals surface area contributed by atoms with Crippen molar-refractivity contribution in [2.75, 3.05) is 25.5 Å². The smallest absolute Gasteiger partial charge is 0.324 e. The van der Waals surface area contributed by atoms with Crippen LogP contribution in [0.5, 0.6) is 5.75 Å². The summed E-state index contributed by atoms with van der Waals surface area (Å²) in [4.78, 5) is 30.6. The summed E-state index contributed by atoms with van der Waals surface area (Å²) in [6, 6.07) is 24.4. The first kappa shape index (κ1) is 19.2. The van der Waals surface area contributed by atoms with E-state index in [4.69, 9.17) is 4.74 Å². The maximum atomic E-state index is 13.6. The van der Waals surface area contributed by atoms with Crippen molar-refractivity contribution in [2.24, 2.45) is 0 Å². The molecular formula is C25H23N3O3. The van der Waals surface area contributed by atoms with Gasteiger partial charge in [-0.1, -0.05) is 48.5 Å². The van der Waals surface area contributed by atoms with Gasteiger partial charge in [-0.05, 0) is 36.8 Å². The lowest BCUT2D eigenvalue weighted by molar-refractivity contribution is -0.0100. The summed E-state index contributed by atoms with van der Waals surface area (Å²) in [6.07, 6.45) is 0.713. The van der Waals surface area contributed by atoms with Gasteiger partial charge in [-0.2, -0.15) is 0 Å². The standard InChI is InChI=1S/C25H23N3O3/c1-31-20-14-12-19(13-15-20)26-24(30)28-17-7-16-27-23(29)21-10-5-6-11-22(21)25(27,28)18-8-3-2-4-9-18/h2-6,8-15H,7,16-17H2,1H3,(H,26,30). The SMILES string of the molecule is COc1ccc(NC(=O)N2CCCN3C(=O)c4ccccc4C23c2ccccc2)cc1. The average molecular weight is 413 g/mol. The van der Waals surface area contributed by atoms with Gasteiger partial charge in [-0.25, -0.2) is 4.79 Å². The molecule has 1 saturated heterocycles. The Labute approximate surface area is 181 Å². The zero-order chi connectivity index (χ0) is 21.4. The predicted octanol–water partition coefficient (Wildman–Crippen LogP) is 4.29. The molecule has 31 heavy (non-hydrogen) atoms. The van der Waals surface area contributed by atoms with E-state index in [9.17, 15) is 9.59 Å². The van der Waals surface area contributed by atoms with E-state index in [0.717, 1.165) is 16.9 Å². The van der Waals surface area contributed by atoms with Crippen LogP contribution in [0.3, 0.4) is 0 Å². The molecule has 0 spiro atoms. The van der Waals surface area contributed by atoms with Crippen LogP contribution in [-0.2, 0) is 5.66 Å². The van der Waals surface area contributed by atoms with E-state index in [1.54, 1.807) is 36.3 Å². The van der Waals surface area contributed by atoms with Crippen molar-refractivity contribution in [2.45, 2.75) is 12.1 Å². The summed E-state index contributed by atoms with van der Waals surface area (Å²) in [6.45, 7) is 1.13. The number of nitrogens with one attached hydrogen (secondary N) is 1. The molecule has 0 bridgehead atoms. The van der Waals surface area contributed by atoms with Gasteiger partial charge in [0.05, 0.1) is 7.11 Å². The summed E-state index contributed by atoms with van der Waals surface area (Å²) < 4.78 is 5.20. The summed E-state index contributed by atoms with van der Waals surface area (Å²) >= 11 is 0. The number of amides is 3. The van der Waals surface area contributed by atoms with Crippen molar-refractivity contribution in [3.8, 4) is 5.75 Å². The highest BCUT2D eigenvalue weighted by Gasteiger charge is 2.57. The second-order valence-corrected chi connectivity index (χ2v) is 7.70. The van der Waals surface area contributed by atoms with Gasteiger partial charge >= 0.3 is 6.03 Å². The normalized spacial score (nSPS) is 19.6. The predicted molar refractivity (Wildman–Crippen MR) is 118 cm³/mol. The molecule has 3 aromatic rings. The third-order valence-corrected chi connectivity index (χ3v) is 6.09. The van der Waals surface area contributed by atoms with Crippen LogP contribution in [0.4, 0.5) is 10.5 Å². The molecule has 1 atom stereocenters. The molecule has 1 unspecified atom stereocenters. The molecule has 156 valence electrons. The summed E-state index contributed by atoms with van der Waals surface area (Å²) in [5.74, 6) is 0.680. The zero-order valence-electron chi connectivity index (χ0n) is 17.2. The highest BCUT2D eigenvalue weighted by Crippen LogP contribution is 2.48. The van der Waals surface area contributed by atoms with Gasteiger partial charge in [-0.15, -0.1) is 0 Å². The molecule has 3 amide bonds. The summed E-state index contributed by atoms with van der Waals surface area (Å²) in [5.41, 5.74) is 2.09. The molecule has 1 fully saturated rings. The van der Waals surface area contributed by atoms with Crippen molar-refractivity contribution in [1.82, 2.24) is 9.80 Å². The fourth-order valence-electron chi connectivity index (χ4n) is 4.77. The first-order valence-corrected chi connectivity index (χ1v) is 10.4. The first-order valence-electron chi connectivity index (χ1n) is 10.4. The van der Waals surface area contributed by atoms with Crippen LogP contribution in [0.2, 0.25) is 0 Å². The Morgan fingerprint density at radius 3 is 2.39 bits per heavy atom. The Hall–Kier alpha value is -3.80. The minimum atomic E-state index is -0.969. The molecule has 6 nitrogen and oxygen atoms in total. The molecule has 5 rings (SSSR count). The minimum absolute atomic E-state index is 0.0404. The van der Waals surface area contributed by atoms with Crippen molar-refractivity contribution >= 4 is 17.6 Å². The van der Waals surface area contributed by atoms with Crippen LogP contribution in [0.15, 0.2) is 78.9 Å². The lowest BCUT2D eigenvalue weighted by Crippen LogP contribution is -2.63. The van der Waals surface area contributed by atoms with Gasteiger partial charge in [-0.3, -0.25) is 9.69 Å². The highest BCUT2D eigenvalue weighted by atomic mass is 16.5. The van der Waals surface area contributed by atoms with Crippen LogP contribution in [0.25, 0.3) is 0 Å². The number of methoxy groups -OCH3 is 1. The van der Waals surface area contributed by atoms with Gasteiger partial charge in [0, 0.05) is 35.5 Å². The Morgan fingerprint density at radius 2 is 1.65 bits per heavy atom. The number of benzene rings is 3. The van der Waals surface area contributed by atoms with Gasteiger partial charge in [0.15, 0.2) is 5.66 Å². The van der Waals surface area contributed by atoms with E-state index in [1.807, 2.05) is 59.5 Å². The van der Waals surface area contributed by atoms with E-state index in [1.165, 1.54) is 0 Å². The van der Waals surface area contributed by atoms with E-state index >= 15 is 0 Å².